The standard InChI is InChI=1S/C33H47NO2Si/c1-31(2,3)37(7,8)36-33-19-23(33)18-29-27-15-11-22-17-25(35)14-16-26(22)30(27)28(20-32(29,33)4)21-9-12-24(13-10-21)34(5)6/h9-10,12-13,17,23,27-29H,11,14-16,18-20H2,1-8H3/t23-,27-,28+,29-,32-,33-/m0/s1. The van der Waals surface area contributed by atoms with Gasteiger partial charge in [0.05, 0.1) is 5.60 Å². The Morgan fingerprint density at radius 2 is 1.73 bits per heavy atom. The predicted octanol–water partition coefficient (Wildman–Crippen LogP) is 8.04. The molecule has 37 heavy (non-hydrogen) atoms. The first-order valence-electron chi connectivity index (χ1n) is 14.7. The largest absolute Gasteiger partial charge is 0.410 e. The van der Waals surface area contributed by atoms with Crippen molar-refractivity contribution >= 4 is 19.8 Å². The topological polar surface area (TPSA) is 29.5 Å². The van der Waals surface area contributed by atoms with Gasteiger partial charge >= 0.3 is 0 Å². The summed E-state index contributed by atoms with van der Waals surface area (Å²) in [5.41, 5.74) is 7.61. The van der Waals surface area contributed by atoms with E-state index in [0.29, 0.717) is 30.0 Å². The monoisotopic (exact) mass is 517 g/mol. The van der Waals surface area contributed by atoms with Gasteiger partial charge in [0.1, 0.15) is 0 Å². The number of carbonyl (C=O) groups is 1. The van der Waals surface area contributed by atoms with Gasteiger partial charge < -0.3 is 9.33 Å². The minimum Gasteiger partial charge on any atom is -0.410 e. The van der Waals surface area contributed by atoms with E-state index in [1.165, 1.54) is 42.5 Å². The summed E-state index contributed by atoms with van der Waals surface area (Å²) in [5, 5.41) is 0.228. The minimum absolute atomic E-state index is 0.0668. The zero-order chi connectivity index (χ0) is 26.5. The molecule has 0 aromatic heterocycles. The van der Waals surface area contributed by atoms with Crippen LogP contribution in [0.1, 0.15) is 84.1 Å². The second-order valence-electron chi connectivity index (χ2n) is 14.9. The molecular weight excluding hydrogens is 470 g/mol. The number of hydrogen-bond donors (Lipinski definition) is 0. The molecule has 0 heterocycles. The second kappa shape index (κ2) is 8.18. The number of ketones is 1. The molecule has 5 aliphatic carbocycles. The molecule has 1 aromatic carbocycles. The molecule has 3 fully saturated rings. The van der Waals surface area contributed by atoms with Gasteiger partial charge in [-0.05, 0) is 115 Å². The Morgan fingerprint density at radius 1 is 1.03 bits per heavy atom. The molecule has 6 atom stereocenters. The van der Waals surface area contributed by atoms with Crippen molar-refractivity contribution in [2.75, 3.05) is 19.0 Å². The van der Waals surface area contributed by atoms with Crippen LogP contribution in [-0.2, 0) is 9.22 Å². The van der Waals surface area contributed by atoms with Gasteiger partial charge in [0.2, 0.25) is 0 Å². The lowest BCUT2D eigenvalue weighted by Gasteiger charge is -2.56. The van der Waals surface area contributed by atoms with Gasteiger partial charge in [-0.2, -0.15) is 0 Å². The summed E-state index contributed by atoms with van der Waals surface area (Å²) in [7, 11) is 2.35. The molecule has 0 N–H and O–H groups in total. The summed E-state index contributed by atoms with van der Waals surface area (Å²) in [4.78, 5) is 14.5. The highest BCUT2D eigenvalue weighted by molar-refractivity contribution is 6.74. The van der Waals surface area contributed by atoms with Crippen LogP contribution in [0.3, 0.4) is 0 Å². The molecule has 6 rings (SSSR count). The van der Waals surface area contributed by atoms with E-state index in [1.54, 1.807) is 11.1 Å². The summed E-state index contributed by atoms with van der Waals surface area (Å²) in [5.74, 6) is 2.81. The third-order valence-corrected chi connectivity index (χ3v) is 16.2. The fourth-order valence-corrected chi connectivity index (χ4v) is 10.4. The first-order chi connectivity index (χ1) is 17.3. The van der Waals surface area contributed by atoms with Crippen molar-refractivity contribution in [2.45, 2.75) is 102 Å². The number of benzene rings is 1. The average Bonchev–Trinajstić information content (AvgIpc) is 3.46. The first-order valence-corrected chi connectivity index (χ1v) is 17.6. The van der Waals surface area contributed by atoms with Crippen LogP contribution in [0.2, 0.25) is 18.1 Å². The van der Waals surface area contributed by atoms with E-state index >= 15 is 0 Å². The molecule has 0 unspecified atom stereocenters. The lowest BCUT2D eigenvalue weighted by Crippen LogP contribution is -2.54. The number of allylic oxidation sites excluding steroid dienone is 4. The Labute approximate surface area is 225 Å². The lowest BCUT2D eigenvalue weighted by atomic mass is 9.51. The number of rotatable bonds is 4. The Morgan fingerprint density at radius 3 is 2.38 bits per heavy atom. The molecule has 0 amide bonds. The summed E-state index contributed by atoms with van der Waals surface area (Å²) in [6.07, 6.45) is 9.68. The smallest absolute Gasteiger partial charge is 0.192 e. The highest BCUT2D eigenvalue weighted by atomic mass is 28.4. The SMILES string of the molecule is CN(C)c1ccc([C@H]2C[C@@]3(C)[C@@H](C[C@H]4C[C@]43O[Si](C)(C)C(C)(C)C)[C@@H]3CCC4=CC(=O)CCC4=C32)cc1. The fourth-order valence-electron chi connectivity index (χ4n) is 8.67. The average molecular weight is 518 g/mol. The van der Waals surface area contributed by atoms with Crippen LogP contribution in [0.4, 0.5) is 5.69 Å². The Balaban J connectivity index is 1.46. The van der Waals surface area contributed by atoms with Crippen molar-refractivity contribution in [1.82, 2.24) is 0 Å². The summed E-state index contributed by atoms with van der Waals surface area (Å²) >= 11 is 0. The van der Waals surface area contributed by atoms with Crippen LogP contribution in [0.15, 0.2) is 47.1 Å². The van der Waals surface area contributed by atoms with Crippen molar-refractivity contribution in [3.05, 3.63) is 52.6 Å². The molecule has 5 aliphatic rings. The Kier molecular flexibility index (Phi) is 5.66. The highest BCUT2D eigenvalue weighted by Crippen LogP contribution is 2.78. The van der Waals surface area contributed by atoms with Crippen LogP contribution >= 0.6 is 0 Å². The van der Waals surface area contributed by atoms with E-state index in [9.17, 15) is 4.79 Å². The predicted molar refractivity (Wildman–Crippen MR) is 156 cm³/mol. The second-order valence-corrected chi connectivity index (χ2v) is 19.6. The quantitative estimate of drug-likeness (QED) is 0.378. The summed E-state index contributed by atoms with van der Waals surface area (Å²) in [6, 6.07) is 9.37. The third-order valence-electron chi connectivity index (χ3n) is 11.7. The molecule has 0 spiro atoms. The summed E-state index contributed by atoms with van der Waals surface area (Å²) in [6.45, 7) is 14.7. The minimum atomic E-state index is -1.89. The summed E-state index contributed by atoms with van der Waals surface area (Å²) < 4.78 is 7.49. The van der Waals surface area contributed by atoms with Crippen LogP contribution < -0.4 is 4.90 Å². The Hall–Kier alpha value is -1.65. The van der Waals surface area contributed by atoms with Crippen LogP contribution in [0.25, 0.3) is 0 Å². The molecule has 0 aliphatic heterocycles. The van der Waals surface area contributed by atoms with Gasteiger partial charge in [0.25, 0.3) is 0 Å². The number of fused-ring (bicyclic) bond motifs is 6. The van der Waals surface area contributed by atoms with E-state index in [4.69, 9.17) is 4.43 Å². The molecule has 0 saturated heterocycles. The number of anilines is 1. The number of hydrogen-bond acceptors (Lipinski definition) is 3. The maximum absolute atomic E-state index is 12.4. The molecule has 1 aromatic rings. The van der Waals surface area contributed by atoms with E-state index in [2.05, 4.69) is 84.0 Å². The normalized spacial score (nSPS) is 36.9. The van der Waals surface area contributed by atoms with Crippen molar-refractivity contribution in [2.24, 2.45) is 23.2 Å². The van der Waals surface area contributed by atoms with Gasteiger partial charge in [-0.1, -0.05) is 45.4 Å². The lowest BCUT2D eigenvalue weighted by molar-refractivity contribution is -0.114. The highest BCUT2D eigenvalue weighted by Gasteiger charge is 2.77. The maximum Gasteiger partial charge on any atom is 0.192 e. The van der Waals surface area contributed by atoms with Crippen LogP contribution in [0, 0.1) is 23.2 Å². The van der Waals surface area contributed by atoms with Crippen LogP contribution in [-0.4, -0.2) is 33.8 Å². The van der Waals surface area contributed by atoms with Crippen molar-refractivity contribution in [3.8, 4) is 0 Å². The number of carbonyl (C=O) groups excluding carboxylic acids is 1. The first kappa shape index (κ1) is 25.6. The third kappa shape index (κ3) is 3.72. The molecule has 0 radical (unpaired) electrons. The number of nitrogens with zero attached hydrogens (tertiary/aromatic N) is 1. The zero-order valence-electron chi connectivity index (χ0n) is 24.4. The van der Waals surface area contributed by atoms with Gasteiger partial charge in [-0.3, -0.25) is 4.79 Å². The van der Waals surface area contributed by atoms with Crippen molar-refractivity contribution in [1.29, 1.82) is 0 Å². The van der Waals surface area contributed by atoms with Gasteiger partial charge in [-0.25, -0.2) is 0 Å². The van der Waals surface area contributed by atoms with E-state index < -0.39 is 8.32 Å². The van der Waals surface area contributed by atoms with E-state index in [1.807, 2.05) is 6.08 Å². The molecule has 0 bridgehead atoms. The molecule has 3 saturated carbocycles. The molecule has 3 nitrogen and oxygen atoms in total. The van der Waals surface area contributed by atoms with Gasteiger partial charge in [0, 0.05) is 32.1 Å². The van der Waals surface area contributed by atoms with E-state index in [-0.39, 0.29) is 16.1 Å². The maximum atomic E-state index is 12.4. The van der Waals surface area contributed by atoms with E-state index in [0.717, 1.165) is 18.8 Å². The van der Waals surface area contributed by atoms with Crippen molar-refractivity contribution < 1.29 is 9.22 Å². The fraction of sp³-hybridized carbons (Fsp3) is 0.667. The molecular formula is C33H47NO2Si. The molecule has 4 heteroatoms. The van der Waals surface area contributed by atoms with Crippen molar-refractivity contribution in [3.63, 3.8) is 0 Å². The van der Waals surface area contributed by atoms with Crippen LogP contribution in [0.5, 0.6) is 0 Å². The van der Waals surface area contributed by atoms with Gasteiger partial charge in [-0.15, -0.1) is 0 Å². The molecule has 200 valence electrons. The zero-order valence-corrected chi connectivity index (χ0v) is 25.4. The Bertz CT molecular complexity index is 1190. The van der Waals surface area contributed by atoms with Gasteiger partial charge in [0.15, 0.2) is 14.1 Å².